The summed E-state index contributed by atoms with van der Waals surface area (Å²) in [7, 11) is 0. The van der Waals surface area contributed by atoms with Crippen LogP contribution in [0.2, 0.25) is 0 Å². The number of anilines is 1. The molecular formula is C21H23N5O2S. The molecule has 0 spiro atoms. The summed E-state index contributed by atoms with van der Waals surface area (Å²) in [5.41, 5.74) is 7.09. The zero-order chi connectivity index (χ0) is 20.8. The second-order valence-corrected chi connectivity index (χ2v) is 7.03. The number of nitrogens with zero attached hydrogens (tertiary/aromatic N) is 2. The van der Waals surface area contributed by atoms with Crippen molar-refractivity contribution in [1.29, 1.82) is 0 Å². The van der Waals surface area contributed by atoms with Gasteiger partial charge in [0.05, 0.1) is 5.39 Å². The van der Waals surface area contributed by atoms with Crippen LogP contribution < -0.4 is 21.7 Å². The highest BCUT2D eigenvalue weighted by molar-refractivity contribution is 7.80. The Morgan fingerprint density at radius 3 is 2.48 bits per heavy atom. The topological polar surface area (TPSA) is 88.1 Å². The van der Waals surface area contributed by atoms with E-state index in [9.17, 15) is 9.59 Å². The molecule has 0 saturated carbocycles. The van der Waals surface area contributed by atoms with Gasteiger partial charge in [0, 0.05) is 17.6 Å². The van der Waals surface area contributed by atoms with Gasteiger partial charge in [-0.3, -0.25) is 20.4 Å². The molecule has 0 aliphatic carbocycles. The average Bonchev–Trinajstić information content (AvgIpc) is 2.73. The van der Waals surface area contributed by atoms with Crippen molar-refractivity contribution in [3.63, 3.8) is 0 Å². The molecule has 7 nitrogen and oxygen atoms in total. The van der Waals surface area contributed by atoms with Crippen LogP contribution in [0.25, 0.3) is 10.8 Å². The van der Waals surface area contributed by atoms with E-state index >= 15 is 0 Å². The van der Waals surface area contributed by atoms with Crippen LogP contribution >= 0.6 is 12.2 Å². The molecule has 1 amide bonds. The molecule has 0 saturated heterocycles. The molecule has 3 N–H and O–H groups in total. The van der Waals surface area contributed by atoms with Crippen LogP contribution in [0.3, 0.4) is 0 Å². The predicted octanol–water partition coefficient (Wildman–Crippen LogP) is 3.14. The lowest BCUT2D eigenvalue weighted by atomic mass is 10.1. The van der Waals surface area contributed by atoms with Crippen LogP contribution in [-0.4, -0.2) is 20.8 Å². The molecule has 1 aromatic heterocycles. The summed E-state index contributed by atoms with van der Waals surface area (Å²) in [6.45, 7) is 4.45. The molecule has 0 aliphatic heterocycles. The molecule has 0 atom stereocenters. The molecule has 3 rings (SSSR count). The van der Waals surface area contributed by atoms with Crippen molar-refractivity contribution in [2.75, 3.05) is 5.32 Å². The summed E-state index contributed by atoms with van der Waals surface area (Å²) in [5, 5.41) is 8.55. The van der Waals surface area contributed by atoms with Crippen molar-refractivity contribution < 1.29 is 4.79 Å². The quantitative estimate of drug-likeness (QED) is 0.443. The van der Waals surface area contributed by atoms with Crippen molar-refractivity contribution in [2.45, 2.75) is 33.2 Å². The van der Waals surface area contributed by atoms with E-state index in [2.05, 4.69) is 21.3 Å². The number of nitrogens with one attached hydrogen (secondary N) is 3. The number of aryl methyl sites for hydroxylation is 2. The summed E-state index contributed by atoms with van der Waals surface area (Å²) in [6.07, 6.45) is 1.72. The first-order valence-corrected chi connectivity index (χ1v) is 9.85. The minimum Gasteiger partial charge on any atom is -0.331 e. The van der Waals surface area contributed by atoms with Crippen molar-refractivity contribution >= 4 is 39.7 Å². The number of unbranched alkanes of at least 4 members (excludes halogenated alkanes) is 1. The first kappa shape index (κ1) is 20.5. The van der Waals surface area contributed by atoms with E-state index in [0.717, 1.165) is 24.1 Å². The fraction of sp³-hybridized carbons (Fsp3) is 0.238. The van der Waals surface area contributed by atoms with Crippen LogP contribution in [-0.2, 0) is 6.54 Å². The normalized spacial score (nSPS) is 10.6. The highest BCUT2D eigenvalue weighted by Crippen LogP contribution is 2.14. The van der Waals surface area contributed by atoms with Crippen molar-refractivity contribution in [3.05, 3.63) is 70.1 Å². The SMILES string of the molecule is CCCCn1nc(C(=O)NNC(=S)Nc2ccccc2C)c2ccccc2c1=O. The van der Waals surface area contributed by atoms with Crippen molar-refractivity contribution in [1.82, 2.24) is 20.6 Å². The third-order valence-corrected chi connectivity index (χ3v) is 4.69. The van der Waals surface area contributed by atoms with Gasteiger partial charge in [-0.15, -0.1) is 0 Å². The smallest absolute Gasteiger partial charge is 0.290 e. The number of hydrogen-bond acceptors (Lipinski definition) is 4. The molecule has 0 aliphatic rings. The number of para-hydroxylation sites is 1. The molecule has 0 bridgehead atoms. The second-order valence-electron chi connectivity index (χ2n) is 6.62. The molecule has 29 heavy (non-hydrogen) atoms. The van der Waals surface area contributed by atoms with E-state index < -0.39 is 5.91 Å². The molecule has 150 valence electrons. The molecule has 0 unspecified atom stereocenters. The number of aromatic nitrogens is 2. The van der Waals surface area contributed by atoms with E-state index in [4.69, 9.17) is 12.2 Å². The molecule has 0 fully saturated rings. The van der Waals surface area contributed by atoms with Crippen LogP contribution in [0.4, 0.5) is 5.69 Å². The van der Waals surface area contributed by atoms with Crippen LogP contribution in [0.1, 0.15) is 35.8 Å². The Morgan fingerprint density at radius 2 is 1.76 bits per heavy atom. The summed E-state index contributed by atoms with van der Waals surface area (Å²) in [5.74, 6) is -0.472. The predicted molar refractivity (Wildman–Crippen MR) is 119 cm³/mol. The number of carbonyl (C=O) groups is 1. The Kier molecular flexibility index (Phi) is 6.56. The van der Waals surface area contributed by atoms with E-state index in [1.54, 1.807) is 24.3 Å². The van der Waals surface area contributed by atoms with E-state index in [1.807, 2.05) is 38.1 Å². The highest BCUT2D eigenvalue weighted by atomic mass is 32.1. The fourth-order valence-corrected chi connectivity index (χ4v) is 3.06. The maximum atomic E-state index is 12.8. The third kappa shape index (κ3) is 4.78. The number of rotatable bonds is 5. The van der Waals surface area contributed by atoms with Crippen LogP contribution in [0.15, 0.2) is 53.3 Å². The Bertz CT molecular complexity index is 1110. The number of amides is 1. The fourth-order valence-electron chi connectivity index (χ4n) is 2.90. The molecule has 8 heteroatoms. The Labute approximate surface area is 174 Å². The molecular weight excluding hydrogens is 386 g/mol. The summed E-state index contributed by atoms with van der Waals surface area (Å²) in [4.78, 5) is 25.4. The first-order chi connectivity index (χ1) is 14.0. The Hall–Kier alpha value is -3.26. The van der Waals surface area contributed by atoms with Crippen LogP contribution in [0, 0.1) is 6.92 Å². The largest absolute Gasteiger partial charge is 0.331 e. The lowest BCUT2D eigenvalue weighted by molar-refractivity contribution is 0.0938. The number of hydrogen-bond donors (Lipinski definition) is 3. The summed E-state index contributed by atoms with van der Waals surface area (Å²) >= 11 is 5.25. The number of carbonyl (C=O) groups excluding carboxylic acids is 1. The van der Waals surface area contributed by atoms with Gasteiger partial charge in [-0.25, -0.2) is 4.68 Å². The zero-order valence-corrected chi connectivity index (χ0v) is 17.2. The number of benzene rings is 2. The average molecular weight is 410 g/mol. The first-order valence-electron chi connectivity index (χ1n) is 9.44. The maximum absolute atomic E-state index is 12.8. The third-order valence-electron chi connectivity index (χ3n) is 4.49. The van der Waals surface area contributed by atoms with Gasteiger partial charge in [-0.2, -0.15) is 5.10 Å². The van der Waals surface area contributed by atoms with Crippen LogP contribution in [0.5, 0.6) is 0 Å². The van der Waals surface area contributed by atoms with E-state index in [1.165, 1.54) is 4.68 Å². The second kappa shape index (κ2) is 9.29. The minimum absolute atomic E-state index is 0.169. The summed E-state index contributed by atoms with van der Waals surface area (Å²) in [6, 6.07) is 14.6. The van der Waals surface area contributed by atoms with E-state index in [-0.39, 0.29) is 16.4 Å². The number of hydrazine groups is 1. The lowest BCUT2D eigenvalue weighted by Gasteiger charge is -2.14. The van der Waals surface area contributed by atoms with Gasteiger partial charge >= 0.3 is 0 Å². The van der Waals surface area contributed by atoms with Crippen molar-refractivity contribution in [2.24, 2.45) is 0 Å². The molecule has 1 heterocycles. The van der Waals surface area contributed by atoms with Gasteiger partial charge in [0.2, 0.25) is 0 Å². The van der Waals surface area contributed by atoms with Gasteiger partial charge in [0.25, 0.3) is 11.5 Å². The standard InChI is InChI=1S/C21H23N5O2S/c1-3-4-13-26-20(28)16-11-7-6-10-15(16)18(25-26)19(27)23-24-21(29)22-17-12-8-5-9-14(17)2/h5-12H,3-4,13H2,1-2H3,(H,23,27)(H2,22,24,29). The summed E-state index contributed by atoms with van der Waals surface area (Å²) < 4.78 is 1.35. The van der Waals surface area contributed by atoms with Gasteiger partial charge in [0.1, 0.15) is 0 Å². The lowest BCUT2D eigenvalue weighted by Crippen LogP contribution is -2.44. The highest BCUT2D eigenvalue weighted by Gasteiger charge is 2.16. The zero-order valence-electron chi connectivity index (χ0n) is 16.4. The van der Waals surface area contributed by atoms with Gasteiger partial charge < -0.3 is 5.32 Å². The Balaban J connectivity index is 1.79. The van der Waals surface area contributed by atoms with Crippen molar-refractivity contribution in [3.8, 4) is 0 Å². The maximum Gasteiger partial charge on any atom is 0.290 e. The van der Waals surface area contributed by atoms with Gasteiger partial charge in [0.15, 0.2) is 10.8 Å². The molecule has 0 radical (unpaired) electrons. The number of fused-ring (bicyclic) bond motifs is 1. The monoisotopic (exact) mass is 409 g/mol. The Morgan fingerprint density at radius 1 is 1.07 bits per heavy atom. The minimum atomic E-state index is -0.472. The van der Waals surface area contributed by atoms with E-state index in [0.29, 0.717) is 17.3 Å². The van der Waals surface area contributed by atoms with Gasteiger partial charge in [-0.05, 0) is 43.3 Å². The molecule has 2 aromatic carbocycles. The van der Waals surface area contributed by atoms with Gasteiger partial charge in [-0.1, -0.05) is 49.7 Å². The number of thiocarbonyl (C=S) groups is 1. The molecule has 3 aromatic rings.